The minimum Gasteiger partial charge on any atom is -0.478 e. The van der Waals surface area contributed by atoms with Gasteiger partial charge in [-0.25, -0.2) is 9.78 Å². The molecule has 1 aromatic carbocycles. The third kappa shape index (κ3) is 3.39. The van der Waals surface area contributed by atoms with Gasteiger partial charge in [-0.2, -0.15) is 13.2 Å². The van der Waals surface area contributed by atoms with E-state index in [0.29, 0.717) is 12.1 Å². The molecule has 0 fully saturated rings. The van der Waals surface area contributed by atoms with Gasteiger partial charge in [-0.05, 0) is 18.2 Å². The predicted octanol–water partition coefficient (Wildman–Crippen LogP) is 3.66. The number of aromatic carboxylic acids is 1. The summed E-state index contributed by atoms with van der Waals surface area (Å²) in [4.78, 5) is 25.3. The van der Waals surface area contributed by atoms with Crippen LogP contribution in [0.1, 0.15) is 26.4 Å². The van der Waals surface area contributed by atoms with Crippen molar-refractivity contribution >= 4 is 23.2 Å². The van der Waals surface area contributed by atoms with Gasteiger partial charge in [0, 0.05) is 10.9 Å². The number of ether oxygens (including phenoxy) is 1. The molecule has 0 spiro atoms. The average Bonchev–Trinajstić information content (AvgIpc) is 2.42. The Bertz CT molecular complexity index is 828. The van der Waals surface area contributed by atoms with E-state index in [1.165, 1.54) is 0 Å². The molecule has 0 unspecified atom stereocenters. The van der Waals surface area contributed by atoms with Crippen molar-refractivity contribution in [1.82, 2.24) is 4.98 Å². The lowest BCUT2D eigenvalue weighted by Crippen LogP contribution is -2.19. The Morgan fingerprint density at radius 1 is 1.17 bits per heavy atom. The minimum absolute atomic E-state index is 0.194. The monoisotopic (exact) mass is 353 g/mol. The van der Waals surface area contributed by atoms with Crippen molar-refractivity contribution < 1.29 is 45.8 Å². The molecule has 2 rings (SSSR count). The highest BCUT2D eigenvalue weighted by Gasteiger charge is 2.40. The van der Waals surface area contributed by atoms with E-state index in [1.807, 2.05) is 0 Å². The summed E-state index contributed by atoms with van der Waals surface area (Å²) < 4.78 is 79.0. The van der Waals surface area contributed by atoms with Crippen molar-refractivity contribution in [3.63, 3.8) is 0 Å². The summed E-state index contributed by atoms with van der Waals surface area (Å²) in [6.45, 7) is 0. The van der Waals surface area contributed by atoms with Gasteiger partial charge in [0.05, 0.1) is 5.52 Å². The molecule has 0 amide bonds. The number of nitrogens with zero attached hydrogens (tertiary/aromatic N) is 1. The quantitative estimate of drug-likeness (QED) is 0.673. The maximum absolute atomic E-state index is 12.9. The predicted molar refractivity (Wildman–Crippen MR) is 65.8 cm³/mol. The van der Waals surface area contributed by atoms with Gasteiger partial charge in [0.1, 0.15) is 11.3 Å². The van der Waals surface area contributed by atoms with Gasteiger partial charge < -0.3 is 9.84 Å². The van der Waals surface area contributed by atoms with Crippen LogP contribution in [-0.4, -0.2) is 28.7 Å². The van der Waals surface area contributed by atoms with Gasteiger partial charge in [-0.3, -0.25) is 4.79 Å². The molecule has 0 aliphatic rings. The molecule has 0 saturated carbocycles. The van der Waals surface area contributed by atoms with E-state index >= 15 is 0 Å². The van der Waals surface area contributed by atoms with E-state index in [2.05, 4.69) is 9.72 Å². The normalized spacial score (nSPS) is 12.2. The first-order chi connectivity index (χ1) is 10.9. The first kappa shape index (κ1) is 17.5. The minimum atomic E-state index is -5.18. The van der Waals surface area contributed by atoms with Crippen LogP contribution in [0.5, 0.6) is 5.75 Å². The number of aromatic nitrogens is 1. The molecule has 0 bridgehead atoms. The molecular weight excluding hydrogens is 348 g/mol. The second-order valence-electron chi connectivity index (χ2n) is 4.40. The Morgan fingerprint density at radius 3 is 2.25 bits per heavy atom. The Hall–Kier alpha value is -2.85. The van der Waals surface area contributed by atoms with E-state index in [4.69, 9.17) is 5.11 Å². The average molecular weight is 353 g/mol. The van der Waals surface area contributed by atoms with Gasteiger partial charge in [-0.15, -0.1) is 13.2 Å². The van der Waals surface area contributed by atoms with Crippen molar-refractivity contribution in [1.29, 1.82) is 0 Å². The number of pyridine rings is 1. The van der Waals surface area contributed by atoms with Gasteiger partial charge in [0.15, 0.2) is 12.0 Å². The van der Waals surface area contributed by atoms with Crippen LogP contribution in [0.4, 0.5) is 26.3 Å². The van der Waals surface area contributed by atoms with Crippen LogP contribution in [0.15, 0.2) is 18.2 Å². The van der Waals surface area contributed by atoms with Crippen LogP contribution in [0.2, 0.25) is 0 Å². The highest BCUT2D eigenvalue weighted by Crippen LogP contribution is 2.36. The maximum atomic E-state index is 12.9. The van der Waals surface area contributed by atoms with Crippen LogP contribution in [0, 0.1) is 0 Å². The zero-order chi connectivity index (χ0) is 18.3. The molecule has 0 aliphatic heterocycles. The van der Waals surface area contributed by atoms with Crippen LogP contribution in [0.3, 0.4) is 0 Å². The fourth-order valence-corrected chi connectivity index (χ4v) is 2.01. The molecule has 1 N–H and O–H groups in total. The number of hydrogen-bond acceptors (Lipinski definition) is 4. The Morgan fingerprint density at radius 2 is 1.79 bits per heavy atom. The largest absolute Gasteiger partial charge is 0.573 e. The summed E-state index contributed by atoms with van der Waals surface area (Å²) in [7, 11) is 0. The number of carboxylic acids is 1. The van der Waals surface area contributed by atoms with Crippen molar-refractivity contribution in [2.24, 2.45) is 0 Å². The van der Waals surface area contributed by atoms with E-state index in [9.17, 15) is 35.9 Å². The molecule has 0 radical (unpaired) electrons. The lowest BCUT2D eigenvalue weighted by molar-refractivity contribution is -0.274. The van der Waals surface area contributed by atoms with E-state index in [0.717, 1.165) is 6.07 Å². The lowest BCUT2D eigenvalue weighted by Gasteiger charge is -2.14. The number of carboxylic acid groups (broad SMARTS) is 1. The highest BCUT2D eigenvalue weighted by atomic mass is 19.4. The summed E-state index contributed by atoms with van der Waals surface area (Å²) in [5.41, 5.74) is -4.74. The number of aldehydes is 1. The van der Waals surface area contributed by atoms with Crippen LogP contribution in [-0.2, 0) is 6.18 Å². The number of rotatable bonds is 3. The van der Waals surface area contributed by atoms with E-state index in [1.54, 1.807) is 0 Å². The molecule has 1 aromatic heterocycles. The van der Waals surface area contributed by atoms with Gasteiger partial charge >= 0.3 is 18.5 Å². The first-order valence-electron chi connectivity index (χ1n) is 5.93. The molecule has 0 atom stereocenters. The molecule has 11 heteroatoms. The molecule has 24 heavy (non-hydrogen) atoms. The Balaban J connectivity index is 2.83. The third-order valence-corrected chi connectivity index (χ3v) is 2.83. The molecule has 128 valence electrons. The number of alkyl halides is 6. The zero-order valence-corrected chi connectivity index (χ0v) is 11.2. The number of carbonyl (C=O) groups excluding carboxylic acids is 1. The summed E-state index contributed by atoms with van der Waals surface area (Å²) >= 11 is 0. The zero-order valence-electron chi connectivity index (χ0n) is 11.2. The number of halogens is 6. The summed E-state index contributed by atoms with van der Waals surface area (Å²) in [5.74, 6) is -2.93. The second kappa shape index (κ2) is 5.65. The first-order valence-corrected chi connectivity index (χ1v) is 5.93. The molecule has 5 nitrogen and oxygen atoms in total. The van der Waals surface area contributed by atoms with Crippen molar-refractivity contribution in [3.05, 3.63) is 35.0 Å². The highest BCUT2D eigenvalue weighted by molar-refractivity contribution is 6.07. The SMILES string of the molecule is O=Cc1c(C(=O)O)c(C(F)(F)F)nc2ccc(OC(F)(F)F)cc12. The Kier molecular flexibility index (Phi) is 4.12. The summed E-state index contributed by atoms with van der Waals surface area (Å²) in [6, 6.07) is 2.04. The van der Waals surface area contributed by atoms with Crippen molar-refractivity contribution in [3.8, 4) is 5.75 Å². The molecule has 2 aromatic rings. The Labute approximate surface area is 128 Å². The molecule has 0 aliphatic carbocycles. The second-order valence-corrected chi connectivity index (χ2v) is 4.40. The van der Waals surface area contributed by atoms with Crippen LogP contribution in [0.25, 0.3) is 10.9 Å². The topological polar surface area (TPSA) is 76.5 Å². The van der Waals surface area contributed by atoms with E-state index < -0.39 is 52.0 Å². The van der Waals surface area contributed by atoms with E-state index in [-0.39, 0.29) is 6.29 Å². The van der Waals surface area contributed by atoms with Gasteiger partial charge in [-0.1, -0.05) is 0 Å². The lowest BCUT2D eigenvalue weighted by atomic mass is 10.0. The fraction of sp³-hybridized carbons (Fsp3) is 0.154. The smallest absolute Gasteiger partial charge is 0.478 e. The number of carbonyl (C=O) groups is 2. The van der Waals surface area contributed by atoms with Gasteiger partial charge in [0.25, 0.3) is 0 Å². The summed E-state index contributed by atoms with van der Waals surface area (Å²) in [5, 5.41) is 8.43. The van der Waals surface area contributed by atoms with Crippen LogP contribution >= 0.6 is 0 Å². The number of fused-ring (bicyclic) bond motifs is 1. The number of benzene rings is 1. The third-order valence-electron chi connectivity index (χ3n) is 2.83. The van der Waals surface area contributed by atoms with Crippen molar-refractivity contribution in [2.45, 2.75) is 12.5 Å². The molecule has 0 saturated heterocycles. The standard InChI is InChI=1S/C13H5F6NO4/c14-12(15,16)10-9(11(22)23)7(4-21)6-3-5(24-13(17,18)19)1-2-8(6)20-10/h1-4H,(H,22,23). The van der Waals surface area contributed by atoms with Gasteiger partial charge in [0.2, 0.25) is 0 Å². The van der Waals surface area contributed by atoms with Crippen molar-refractivity contribution in [2.75, 3.05) is 0 Å². The number of hydrogen-bond donors (Lipinski definition) is 1. The van der Waals surface area contributed by atoms with Crippen LogP contribution < -0.4 is 4.74 Å². The maximum Gasteiger partial charge on any atom is 0.573 e. The molecule has 1 heterocycles. The summed E-state index contributed by atoms with van der Waals surface area (Å²) in [6.07, 6.45) is -10.5. The fourth-order valence-electron chi connectivity index (χ4n) is 2.01. The molecular formula is C13H5F6NO4.